The predicted octanol–water partition coefficient (Wildman–Crippen LogP) is 2.48. The quantitative estimate of drug-likeness (QED) is 0.868. The lowest BCUT2D eigenvalue weighted by Gasteiger charge is -2.31. The van der Waals surface area contributed by atoms with E-state index in [4.69, 9.17) is 4.42 Å². The van der Waals surface area contributed by atoms with Gasteiger partial charge in [-0.05, 0) is 25.3 Å². The lowest BCUT2D eigenvalue weighted by molar-refractivity contribution is 0.141. The zero-order valence-corrected chi connectivity index (χ0v) is 13.7. The van der Waals surface area contributed by atoms with E-state index >= 15 is 0 Å². The summed E-state index contributed by atoms with van der Waals surface area (Å²) in [6, 6.07) is 0. The van der Waals surface area contributed by atoms with Gasteiger partial charge in [0.15, 0.2) is 0 Å². The monoisotopic (exact) mass is 303 g/mol. The number of nitrogens with zero attached hydrogens (tertiary/aromatic N) is 5. The minimum Gasteiger partial charge on any atom is -0.447 e. The van der Waals surface area contributed by atoms with Gasteiger partial charge in [0.1, 0.15) is 6.26 Å². The highest BCUT2D eigenvalue weighted by Gasteiger charge is 2.23. The van der Waals surface area contributed by atoms with Crippen LogP contribution in [0.1, 0.15) is 45.2 Å². The molecule has 1 unspecified atom stereocenters. The lowest BCUT2D eigenvalue weighted by atomic mass is 9.93. The zero-order chi connectivity index (χ0) is 15.6. The van der Waals surface area contributed by atoms with Gasteiger partial charge in [-0.2, -0.15) is 0 Å². The Hall–Kier alpha value is -1.69. The Labute approximate surface area is 131 Å². The van der Waals surface area contributed by atoms with Crippen molar-refractivity contribution in [2.75, 3.05) is 13.1 Å². The second-order valence-electron chi connectivity index (χ2n) is 7.24. The number of likely N-dealkylation sites (tertiary alicyclic amines) is 1. The summed E-state index contributed by atoms with van der Waals surface area (Å²) in [5.41, 5.74) is 1.07. The van der Waals surface area contributed by atoms with Crippen LogP contribution in [0, 0.1) is 5.92 Å². The second kappa shape index (κ2) is 6.20. The number of rotatable bonds is 4. The fourth-order valence-corrected chi connectivity index (χ4v) is 2.96. The van der Waals surface area contributed by atoms with E-state index in [2.05, 4.69) is 41.0 Å². The van der Waals surface area contributed by atoms with Crippen molar-refractivity contribution in [2.45, 2.75) is 52.1 Å². The molecule has 1 atom stereocenters. The SMILES string of the molecule is CC(C)(C)c1coc(CN2CCCC(Cn3ccnn3)C2)n1. The minimum atomic E-state index is 0.0409. The van der Waals surface area contributed by atoms with Crippen LogP contribution in [0.25, 0.3) is 0 Å². The molecule has 1 aliphatic heterocycles. The molecule has 6 heteroatoms. The molecule has 2 aromatic rings. The van der Waals surface area contributed by atoms with Gasteiger partial charge in [0.25, 0.3) is 0 Å². The maximum Gasteiger partial charge on any atom is 0.208 e. The maximum absolute atomic E-state index is 5.65. The first kappa shape index (κ1) is 15.2. The summed E-state index contributed by atoms with van der Waals surface area (Å²) in [5, 5.41) is 7.94. The highest BCUT2D eigenvalue weighted by molar-refractivity contribution is 5.08. The average molecular weight is 303 g/mol. The molecule has 22 heavy (non-hydrogen) atoms. The van der Waals surface area contributed by atoms with Gasteiger partial charge in [-0.25, -0.2) is 4.98 Å². The average Bonchev–Trinajstić information content (AvgIpc) is 3.10. The van der Waals surface area contributed by atoms with E-state index in [1.807, 2.05) is 10.9 Å². The van der Waals surface area contributed by atoms with Crippen LogP contribution in [-0.2, 0) is 18.5 Å². The molecule has 1 fully saturated rings. The minimum absolute atomic E-state index is 0.0409. The van der Waals surface area contributed by atoms with E-state index in [9.17, 15) is 0 Å². The summed E-state index contributed by atoms with van der Waals surface area (Å²) in [7, 11) is 0. The summed E-state index contributed by atoms with van der Waals surface area (Å²) in [6.45, 7) is 10.4. The fraction of sp³-hybridized carbons (Fsp3) is 0.688. The number of aromatic nitrogens is 4. The standard InChI is InChI=1S/C16H25N5O/c1-16(2,3)14-12-22-15(18-14)11-20-7-4-5-13(9-20)10-21-8-6-17-19-21/h6,8,12-13H,4-5,7,9-11H2,1-3H3. The van der Waals surface area contributed by atoms with Crippen LogP contribution >= 0.6 is 0 Å². The molecule has 0 spiro atoms. The molecule has 1 saturated heterocycles. The van der Waals surface area contributed by atoms with Gasteiger partial charge in [0, 0.05) is 24.7 Å². The summed E-state index contributed by atoms with van der Waals surface area (Å²) >= 11 is 0. The third kappa shape index (κ3) is 3.74. The van der Waals surface area contributed by atoms with Crippen LogP contribution in [0.3, 0.4) is 0 Å². The first-order valence-corrected chi connectivity index (χ1v) is 8.02. The first-order chi connectivity index (χ1) is 10.5. The van der Waals surface area contributed by atoms with Crippen LogP contribution in [0.2, 0.25) is 0 Å². The lowest BCUT2D eigenvalue weighted by Crippen LogP contribution is -2.36. The Kier molecular flexibility index (Phi) is 4.29. The van der Waals surface area contributed by atoms with Crippen LogP contribution in [0.5, 0.6) is 0 Å². The van der Waals surface area contributed by atoms with Gasteiger partial charge < -0.3 is 4.42 Å². The first-order valence-electron chi connectivity index (χ1n) is 8.02. The van der Waals surface area contributed by atoms with Crippen molar-refractivity contribution in [3.05, 3.63) is 30.2 Å². The number of piperidine rings is 1. The van der Waals surface area contributed by atoms with Crippen molar-refractivity contribution >= 4 is 0 Å². The van der Waals surface area contributed by atoms with Crippen molar-refractivity contribution in [1.29, 1.82) is 0 Å². The highest BCUT2D eigenvalue weighted by Crippen LogP contribution is 2.23. The smallest absolute Gasteiger partial charge is 0.208 e. The molecule has 2 aromatic heterocycles. The maximum atomic E-state index is 5.65. The van der Waals surface area contributed by atoms with E-state index < -0.39 is 0 Å². The topological polar surface area (TPSA) is 60.0 Å². The molecule has 120 valence electrons. The Morgan fingerprint density at radius 2 is 2.23 bits per heavy atom. The van der Waals surface area contributed by atoms with Crippen molar-refractivity contribution in [3.63, 3.8) is 0 Å². The Morgan fingerprint density at radius 3 is 2.91 bits per heavy atom. The van der Waals surface area contributed by atoms with Crippen LogP contribution in [0.15, 0.2) is 23.1 Å². The molecule has 0 bridgehead atoms. The molecule has 0 saturated carbocycles. The van der Waals surface area contributed by atoms with E-state index in [0.29, 0.717) is 5.92 Å². The Balaban J connectivity index is 1.57. The Bertz CT molecular complexity index is 584. The molecule has 0 aromatic carbocycles. The van der Waals surface area contributed by atoms with Crippen LogP contribution in [-0.4, -0.2) is 38.0 Å². The van der Waals surface area contributed by atoms with Gasteiger partial charge in [-0.3, -0.25) is 9.58 Å². The molecule has 0 aliphatic carbocycles. The molecule has 0 N–H and O–H groups in total. The van der Waals surface area contributed by atoms with E-state index in [-0.39, 0.29) is 5.41 Å². The van der Waals surface area contributed by atoms with Gasteiger partial charge in [0.2, 0.25) is 5.89 Å². The van der Waals surface area contributed by atoms with Gasteiger partial charge in [-0.15, -0.1) is 5.10 Å². The number of hydrogen-bond donors (Lipinski definition) is 0. The highest BCUT2D eigenvalue weighted by atomic mass is 16.3. The summed E-state index contributed by atoms with van der Waals surface area (Å²) in [6.07, 6.45) is 7.93. The normalized spacial score (nSPS) is 20.4. The summed E-state index contributed by atoms with van der Waals surface area (Å²) in [5.74, 6) is 1.44. The molecule has 3 rings (SSSR count). The third-order valence-electron chi connectivity index (χ3n) is 4.20. The van der Waals surface area contributed by atoms with Crippen molar-refractivity contribution in [3.8, 4) is 0 Å². The largest absolute Gasteiger partial charge is 0.447 e. The molecule has 0 radical (unpaired) electrons. The summed E-state index contributed by atoms with van der Waals surface area (Å²) < 4.78 is 7.58. The van der Waals surface area contributed by atoms with Crippen molar-refractivity contribution in [1.82, 2.24) is 24.9 Å². The van der Waals surface area contributed by atoms with Gasteiger partial charge in [0.05, 0.1) is 18.4 Å². The molecule has 6 nitrogen and oxygen atoms in total. The Morgan fingerprint density at radius 1 is 1.36 bits per heavy atom. The number of hydrogen-bond acceptors (Lipinski definition) is 5. The molecule has 1 aliphatic rings. The van der Waals surface area contributed by atoms with Gasteiger partial charge >= 0.3 is 0 Å². The molecular weight excluding hydrogens is 278 g/mol. The van der Waals surface area contributed by atoms with E-state index in [1.54, 1.807) is 12.5 Å². The molecule has 0 amide bonds. The molecule has 3 heterocycles. The van der Waals surface area contributed by atoms with Gasteiger partial charge in [-0.1, -0.05) is 26.0 Å². The van der Waals surface area contributed by atoms with Crippen LogP contribution < -0.4 is 0 Å². The summed E-state index contributed by atoms with van der Waals surface area (Å²) in [4.78, 5) is 7.07. The van der Waals surface area contributed by atoms with E-state index in [0.717, 1.165) is 37.8 Å². The number of oxazole rings is 1. The third-order valence-corrected chi connectivity index (χ3v) is 4.20. The van der Waals surface area contributed by atoms with Crippen molar-refractivity contribution < 1.29 is 4.42 Å². The van der Waals surface area contributed by atoms with E-state index in [1.165, 1.54) is 12.8 Å². The second-order valence-corrected chi connectivity index (χ2v) is 7.24. The fourth-order valence-electron chi connectivity index (χ4n) is 2.96. The van der Waals surface area contributed by atoms with Crippen molar-refractivity contribution in [2.24, 2.45) is 5.92 Å². The zero-order valence-electron chi connectivity index (χ0n) is 13.7. The molecular formula is C16H25N5O. The predicted molar refractivity (Wildman–Crippen MR) is 83.2 cm³/mol. The van der Waals surface area contributed by atoms with Crippen LogP contribution in [0.4, 0.5) is 0 Å².